The molecule has 1 aliphatic rings. The molecule has 24 heavy (non-hydrogen) atoms. The molecule has 132 valence electrons. The van der Waals surface area contributed by atoms with Crippen molar-refractivity contribution in [2.75, 3.05) is 19.6 Å². The summed E-state index contributed by atoms with van der Waals surface area (Å²) in [7, 11) is 0. The zero-order valence-corrected chi connectivity index (χ0v) is 14.5. The standard InChI is InChI=1S/C18H25FN2O3/c1-18(2,3)24-17(23)21-10-6-7-13(12-21)11-20-16(22)14-8-4-5-9-15(14)19/h4-5,8-9,13H,6-7,10-12H2,1-3H3,(H,20,22)/t13-/m1/s1. The number of carbonyl (C=O) groups is 2. The second-order valence-electron chi connectivity index (χ2n) is 7.12. The molecule has 0 saturated carbocycles. The number of hydrogen-bond acceptors (Lipinski definition) is 3. The van der Waals surface area contributed by atoms with Gasteiger partial charge in [-0.05, 0) is 51.7 Å². The second-order valence-corrected chi connectivity index (χ2v) is 7.12. The van der Waals surface area contributed by atoms with Crippen molar-refractivity contribution in [2.45, 2.75) is 39.2 Å². The van der Waals surface area contributed by atoms with Crippen LogP contribution in [0, 0.1) is 11.7 Å². The first-order valence-corrected chi connectivity index (χ1v) is 8.27. The Balaban J connectivity index is 1.86. The normalized spacial score (nSPS) is 18.2. The Kier molecular flexibility index (Phi) is 5.80. The van der Waals surface area contributed by atoms with Crippen LogP contribution in [-0.4, -0.2) is 42.1 Å². The van der Waals surface area contributed by atoms with E-state index in [1.54, 1.807) is 17.0 Å². The van der Waals surface area contributed by atoms with Crippen molar-refractivity contribution in [2.24, 2.45) is 5.92 Å². The van der Waals surface area contributed by atoms with Crippen molar-refractivity contribution in [3.63, 3.8) is 0 Å². The fourth-order valence-electron chi connectivity index (χ4n) is 2.70. The molecule has 0 bridgehead atoms. The average Bonchev–Trinajstić information content (AvgIpc) is 2.52. The second kappa shape index (κ2) is 7.64. The quantitative estimate of drug-likeness (QED) is 0.922. The number of piperidine rings is 1. The third kappa shape index (κ3) is 5.22. The highest BCUT2D eigenvalue weighted by molar-refractivity contribution is 5.94. The molecule has 1 N–H and O–H groups in total. The van der Waals surface area contributed by atoms with Crippen LogP contribution in [0.5, 0.6) is 0 Å². The third-order valence-electron chi connectivity index (χ3n) is 3.84. The SMILES string of the molecule is CC(C)(C)OC(=O)N1CCC[C@H](CNC(=O)c2ccccc2F)C1. The van der Waals surface area contributed by atoms with Crippen LogP contribution in [0.15, 0.2) is 24.3 Å². The van der Waals surface area contributed by atoms with Crippen LogP contribution in [0.4, 0.5) is 9.18 Å². The molecule has 0 unspecified atom stereocenters. The minimum Gasteiger partial charge on any atom is -0.444 e. The van der Waals surface area contributed by atoms with Gasteiger partial charge < -0.3 is 15.0 Å². The predicted molar refractivity (Wildman–Crippen MR) is 89.3 cm³/mol. The molecular formula is C18H25FN2O3. The van der Waals surface area contributed by atoms with Gasteiger partial charge in [0.15, 0.2) is 0 Å². The minimum atomic E-state index is -0.533. The topological polar surface area (TPSA) is 58.6 Å². The van der Waals surface area contributed by atoms with Gasteiger partial charge in [-0.25, -0.2) is 9.18 Å². The largest absolute Gasteiger partial charge is 0.444 e. The summed E-state index contributed by atoms with van der Waals surface area (Å²) >= 11 is 0. The molecule has 2 rings (SSSR count). The molecule has 1 heterocycles. The van der Waals surface area contributed by atoms with Crippen molar-refractivity contribution in [1.82, 2.24) is 10.2 Å². The number of hydrogen-bond donors (Lipinski definition) is 1. The van der Waals surface area contributed by atoms with Crippen molar-refractivity contribution in [1.29, 1.82) is 0 Å². The summed E-state index contributed by atoms with van der Waals surface area (Å²) in [6.45, 7) is 7.11. The van der Waals surface area contributed by atoms with E-state index in [4.69, 9.17) is 4.74 Å². The van der Waals surface area contributed by atoms with E-state index in [2.05, 4.69) is 5.32 Å². The summed E-state index contributed by atoms with van der Waals surface area (Å²) in [5.74, 6) is -0.821. The Bertz CT molecular complexity index is 598. The number of rotatable bonds is 3. The summed E-state index contributed by atoms with van der Waals surface area (Å²) in [6, 6.07) is 5.90. The monoisotopic (exact) mass is 336 g/mol. The van der Waals surface area contributed by atoms with Gasteiger partial charge in [0.1, 0.15) is 11.4 Å². The number of carbonyl (C=O) groups excluding carboxylic acids is 2. The van der Waals surface area contributed by atoms with Crippen LogP contribution in [0.2, 0.25) is 0 Å². The molecule has 0 aromatic heterocycles. The fraction of sp³-hybridized carbons (Fsp3) is 0.556. The molecule has 1 atom stereocenters. The Morgan fingerprint density at radius 3 is 2.71 bits per heavy atom. The molecule has 1 saturated heterocycles. The number of nitrogens with one attached hydrogen (secondary N) is 1. The lowest BCUT2D eigenvalue weighted by Gasteiger charge is -2.34. The Morgan fingerprint density at radius 1 is 1.33 bits per heavy atom. The fourth-order valence-corrected chi connectivity index (χ4v) is 2.70. The van der Waals surface area contributed by atoms with Gasteiger partial charge >= 0.3 is 6.09 Å². The van der Waals surface area contributed by atoms with Gasteiger partial charge in [0.25, 0.3) is 5.91 Å². The van der Waals surface area contributed by atoms with Gasteiger partial charge in [-0.2, -0.15) is 0 Å². The number of ether oxygens (including phenoxy) is 1. The van der Waals surface area contributed by atoms with Gasteiger partial charge in [0.2, 0.25) is 0 Å². The van der Waals surface area contributed by atoms with E-state index >= 15 is 0 Å². The first-order valence-electron chi connectivity index (χ1n) is 8.27. The van der Waals surface area contributed by atoms with E-state index in [-0.39, 0.29) is 17.6 Å². The van der Waals surface area contributed by atoms with Crippen molar-refractivity contribution in [3.05, 3.63) is 35.6 Å². The van der Waals surface area contributed by atoms with Crippen molar-refractivity contribution < 1.29 is 18.7 Å². The van der Waals surface area contributed by atoms with Gasteiger partial charge in [-0.3, -0.25) is 4.79 Å². The van der Waals surface area contributed by atoms with Crippen LogP contribution < -0.4 is 5.32 Å². The summed E-state index contributed by atoms with van der Waals surface area (Å²) in [6.07, 6.45) is 1.45. The van der Waals surface area contributed by atoms with Crippen molar-refractivity contribution >= 4 is 12.0 Å². The lowest BCUT2D eigenvalue weighted by Crippen LogP contribution is -2.45. The summed E-state index contributed by atoms with van der Waals surface area (Å²) < 4.78 is 19.0. The van der Waals surface area contributed by atoms with Gasteiger partial charge in [0.05, 0.1) is 5.56 Å². The van der Waals surface area contributed by atoms with Gasteiger partial charge in [0, 0.05) is 19.6 Å². The lowest BCUT2D eigenvalue weighted by molar-refractivity contribution is 0.0167. The predicted octanol–water partition coefficient (Wildman–Crippen LogP) is 3.20. The van der Waals surface area contributed by atoms with Gasteiger partial charge in [-0.15, -0.1) is 0 Å². The highest BCUT2D eigenvalue weighted by Gasteiger charge is 2.27. The average molecular weight is 336 g/mol. The van der Waals surface area contributed by atoms with E-state index in [0.29, 0.717) is 19.6 Å². The van der Waals surface area contributed by atoms with E-state index in [9.17, 15) is 14.0 Å². The summed E-state index contributed by atoms with van der Waals surface area (Å²) in [4.78, 5) is 25.9. The maximum absolute atomic E-state index is 13.6. The maximum Gasteiger partial charge on any atom is 0.410 e. The number of nitrogens with zero attached hydrogens (tertiary/aromatic N) is 1. The van der Waals surface area contributed by atoms with E-state index in [1.165, 1.54) is 12.1 Å². The van der Waals surface area contributed by atoms with Crippen LogP contribution >= 0.6 is 0 Å². The lowest BCUT2D eigenvalue weighted by atomic mass is 9.98. The van der Waals surface area contributed by atoms with Crippen LogP contribution in [0.25, 0.3) is 0 Å². The Morgan fingerprint density at radius 2 is 2.04 bits per heavy atom. The first-order chi connectivity index (χ1) is 11.3. The van der Waals surface area contributed by atoms with Crippen LogP contribution in [0.3, 0.4) is 0 Å². The summed E-state index contributed by atoms with van der Waals surface area (Å²) in [5.41, 5.74) is -0.486. The molecule has 1 aromatic rings. The molecule has 1 aromatic carbocycles. The summed E-state index contributed by atoms with van der Waals surface area (Å²) in [5, 5.41) is 2.76. The smallest absolute Gasteiger partial charge is 0.410 e. The zero-order chi connectivity index (χ0) is 17.7. The highest BCUT2D eigenvalue weighted by Crippen LogP contribution is 2.19. The van der Waals surface area contributed by atoms with Crippen LogP contribution in [0.1, 0.15) is 44.0 Å². The Labute approximate surface area is 142 Å². The molecule has 1 fully saturated rings. The molecular weight excluding hydrogens is 311 g/mol. The number of benzene rings is 1. The molecule has 1 aliphatic heterocycles. The molecule has 0 spiro atoms. The van der Waals surface area contributed by atoms with E-state index < -0.39 is 17.3 Å². The highest BCUT2D eigenvalue weighted by atomic mass is 19.1. The molecule has 2 amide bonds. The maximum atomic E-state index is 13.6. The molecule has 0 aliphatic carbocycles. The van der Waals surface area contributed by atoms with Crippen molar-refractivity contribution in [3.8, 4) is 0 Å². The van der Waals surface area contributed by atoms with E-state index in [1.807, 2.05) is 20.8 Å². The number of likely N-dealkylation sites (tertiary alicyclic amines) is 1. The number of halogens is 1. The van der Waals surface area contributed by atoms with Crippen LogP contribution in [-0.2, 0) is 4.74 Å². The molecule has 0 radical (unpaired) electrons. The minimum absolute atomic E-state index is 0.0392. The number of amides is 2. The third-order valence-corrected chi connectivity index (χ3v) is 3.84. The van der Waals surface area contributed by atoms with E-state index in [0.717, 1.165) is 12.8 Å². The molecule has 6 heteroatoms. The first kappa shape index (κ1) is 18.2. The van der Waals surface area contributed by atoms with Gasteiger partial charge in [-0.1, -0.05) is 12.1 Å². The zero-order valence-electron chi connectivity index (χ0n) is 14.5. The Hall–Kier alpha value is -2.11. The molecule has 5 nitrogen and oxygen atoms in total.